The summed E-state index contributed by atoms with van der Waals surface area (Å²) >= 11 is 5.73. The fourth-order valence-electron chi connectivity index (χ4n) is 1.63. The molecule has 0 aromatic carbocycles. The molecular weight excluding hydrogens is 300 g/mol. The largest absolute Gasteiger partial charge is 0.474 e. The summed E-state index contributed by atoms with van der Waals surface area (Å²) in [5.41, 5.74) is 0.704. The van der Waals surface area contributed by atoms with Crippen molar-refractivity contribution in [2.24, 2.45) is 4.99 Å². The normalized spacial score (nSPS) is 15.8. The molecule has 0 saturated carbocycles. The minimum atomic E-state index is -3.06. The third kappa shape index (κ3) is 5.09. The van der Waals surface area contributed by atoms with Crippen molar-refractivity contribution in [1.29, 1.82) is 0 Å². The van der Waals surface area contributed by atoms with Gasteiger partial charge in [0.2, 0.25) is 5.90 Å². The Balaban J connectivity index is 2.72. The minimum Gasteiger partial charge on any atom is -0.474 e. The summed E-state index contributed by atoms with van der Waals surface area (Å²) in [5, 5.41) is -0.0677. The van der Waals surface area contributed by atoms with Crippen molar-refractivity contribution in [3.8, 4) is 0 Å². The number of pyridine rings is 1. The van der Waals surface area contributed by atoms with E-state index in [1.807, 2.05) is 6.92 Å². The molecule has 1 aromatic heterocycles. The van der Waals surface area contributed by atoms with Gasteiger partial charge in [0.05, 0.1) is 16.9 Å². The van der Waals surface area contributed by atoms with Gasteiger partial charge in [0, 0.05) is 25.9 Å². The number of aromatic nitrogens is 1. The van der Waals surface area contributed by atoms with Gasteiger partial charge in [-0.2, -0.15) is 0 Å². The zero-order valence-corrected chi connectivity index (χ0v) is 13.6. The highest BCUT2D eigenvalue weighted by atomic mass is 35.5. The van der Waals surface area contributed by atoms with Crippen molar-refractivity contribution in [3.05, 3.63) is 29.0 Å². The molecule has 20 heavy (non-hydrogen) atoms. The second-order valence-corrected chi connectivity index (χ2v) is 7.55. The van der Waals surface area contributed by atoms with Gasteiger partial charge in [0.25, 0.3) is 0 Å². The summed E-state index contributed by atoms with van der Waals surface area (Å²) in [6.45, 7) is 3.48. The van der Waals surface area contributed by atoms with Crippen LogP contribution in [0.5, 0.6) is 0 Å². The summed E-state index contributed by atoms with van der Waals surface area (Å²) < 4.78 is 28.5. The number of hydrogen-bond donors (Lipinski definition) is 0. The van der Waals surface area contributed by atoms with Crippen molar-refractivity contribution in [2.45, 2.75) is 31.6 Å². The highest BCUT2D eigenvalue weighted by molar-refractivity contribution is 7.91. The molecule has 0 aliphatic heterocycles. The summed E-state index contributed by atoms with van der Waals surface area (Å²) in [5.74, 6) is 0.419. The van der Waals surface area contributed by atoms with E-state index in [1.54, 1.807) is 32.3 Å². The van der Waals surface area contributed by atoms with Crippen LogP contribution in [0.25, 0.3) is 0 Å². The predicted octanol–water partition coefficient (Wildman–Crippen LogP) is 2.34. The molecule has 0 aliphatic carbocycles. The molecule has 7 heteroatoms. The third-order valence-corrected chi connectivity index (χ3v) is 4.76. The number of rotatable bonds is 5. The zero-order valence-electron chi connectivity index (χ0n) is 12.0. The van der Waals surface area contributed by atoms with Crippen LogP contribution in [-0.2, 0) is 14.6 Å². The van der Waals surface area contributed by atoms with Crippen molar-refractivity contribution >= 4 is 27.3 Å². The van der Waals surface area contributed by atoms with Crippen molar-refractivity contribution in [1.82, 2.24) is 4.98 Å². The number of halogens is 1. The standard InChI is InChI=1S/C13H19ClN2O3S/c1-9(7-10(2)20(4,17)18)19-13(15-3)11-5-6-12(14)16-8-11/h5-6,8-10H,7H2,1-4H3/b15-13+/t9-,10-/m1/s1. The summed E-state index contributed by atoms with van der Waals surface area (Å²) in [4.78, 5) is 8.02. The summed E-state index contributed by atoms with van der Waals surface area (Å²) in [6, 6.07) is 3.40. The molecule has 0 unspecified atom stereocenters. The van der Waals surface area contributed by atoms with Gasteiger partial charge in [-0.15, -0.1) is 0 Å². The van der Waals surface area contributed by atoms with Crippen LogP contribution < -0.4 is 0 Å². The Labute approximate surface area is 125 Å². The van der Waals surface area contributed by atoms with Crippen LogP contribution in [0.4, 0.5) is 0 Å². The van der Waals surface area contributed by atoms with Gasteiger partial charge in [-0.05, 0) is 26.0 Å². The molecular formula is C13H19ClN2O3S. The van der Waals surface area contributed by atoms with Crippen molar-refractivity contribution < 1.29 is 13.2 Å². The molecule has 0 N–H and O–H groups in total. The van der Waals surface area contributed by atoms with Crippen molar-refractivity contribution in [2.75, 3.05) is 13.3 Å². The SMILES string of the molecule is C/N=C(/O[C@H](C)C[C@@H](C)S(C)(=O)=O)c1ccc(Cl)nc1. The van der Waals surface area contributed by atoms with Gasteiger partial charge in [0.1, 0.15) is 15.0 Å². The lowest BCUT2D eigenvalue weighted by Gasteiger charge is -2.19. The van der Waals surface area contributed by atoms with E-state index in [-0.39, 0.29) is 6.10 Å². The molecule has 0 bridgehead atoms. The van der Waals surface area contributed by atoms with Gasteiger partial charge < -0.3 is 4.74 Å². The van der Waals surface area contributed by atoms with E-state index >= 15 is 0 Å². The van der Waals surface area contributed by atoms with Crippen LogP contribution >= 0.6 is 11.6 Å². The molecule has 1 aromatic rings. The van der Waals surface area contributed by atoms with E-state index in [9.17, 15) is 8.42 Å². The molecule has 0 amide bonds. The first-order valence-electron chi connectivity index (χ1n) is 6.18. The van der Waals surface area contributed by atoms with E-state index in [1.165, 1.54) is 6.26 Å². The van der Waals surface area contributed by atoms with Crippen LogP contribution in [0.15, 0.2) is 23.3 Å². The fourth-order valence-corrected chi connectivity index (χ4v) is 2.37. The topological polar surface area (TPSA) is 68.6 Å². The fraction of sp³-hybridized carbons (Fsp3) is 0.538. The maximum atomic E-state index is 11.4. The average molecular weight is 319 g/mol. The lowest BCUT2D eigenvalue weighted by molar-refractivity contribution is 0.197. The van der Waals surface area contributed by atoms with Gasteiger partial charge in [-0.1, -0.05) is 11.6 Å². The van der Waals surface area contributed by atoms with E-state index < -0.39 is 15.1 Å². The first-order chi connectivity index (χ1) is 9.24. The maximum absolute atomic E-state index is 11.4. The van der Waals surface area contributed by atoms with Gasteiger partial charge in [-0.25, -0.2) is 13.4 Å². The van der Waals surface area contributed by atoms with Gasteiger partial charge in [-0.3, -0.25) is 4.99 Å². The smallest absolute Gasteiger partial charge is 0.217 e. The Morgan fingerprint density at radius 2 is 2.10 bits per heavy atom. The lowest BCUT2D eigenvalue weighted by Crippen LogP contribution is -2.25. The number of sulfone groups is 1. The van der Waals surface area contributed by atoms with E-state index in [2.05, 4.69) is 9.98 Å². The highest BCUT2D eigenvalue weighted by Crippen LogP contribution is 2.13. The van der Waals surface area contributed by atoms with Crippen LogP contribution in [0.1, 0.15) is 25.8 Å². The van der Waals surface area contributed by atoms with Crippen LogP contribution in [-0.4, -0.2) is 44.0 Å². The molecule has 2 atom stereocenters. The molecule has 112 valence electrons. The molecule has 0 aliphatic rings. The van der Waals surface area contributed by atoms with Crippen LogP contribution in [0.2, 0.25) is 5.15 Å². The van der Waals surface area contributed by atoms with Gasteiger partial charge >= 0.3 is 0 Å². The zero-order chi connectivity index (χ0) is 15.3. The molecule has 0 radical (unpaired) electrons. The molecule has 0 spiro atoms. The average Bonchev–Trinajstić information content (AvgIpc) is 2.36. The van der Waals surface area contributed by atoms with Gasteiger partial charge in [0.15, 0.2) is 0 Å². The minimum absolute atomic E-state index is 0.269. The molecule has 1 heterocycles. The molecule has 0 saturated heterocycles. The quantitative estimate of drug-likeness (QED) is 0.475. The number of ether oxygens (including phenoxy) is 1. The first kappa shape index (κ1) is 16.9. The Bertz CT molecular complexity index is 570. The number of aliphatic imine (C=N–C) groups is 1. The van der Waals surface area contributed by atoms with E-state index in [0.717, 1.165) is 0 Å². The Kier molecular flexibility index (Phi) is 5.95. The van der Waals surface area contributed by atoms with E-state index in [0.29, 0.717) is 23.0 Å². The highest BCUT2D eigenvalue weighted by Gasteiger charge is 2.20. The molecule has 5 nitrogen and oxygen atoms in total. The number of hydrogen-bond acceptors (Lipinski definition) is 5. The number of nitrogens with zero attached hydrogens (tertiary/aromatic N) is 2. The second kappa shape index (κ2) is 7.04. The summed E-state index contributed by atoms with van der Waals surface area (Å²) in [6.07, 6.45) is 2.92. The monoisotopic (exact) mass is 318 g/mol. The predicted molar refractivity (Wildman–Crippen MR) is 81.2 cm³/mol. The Hall–Kier alpha value is -1.14. The maximum Gasteiger partial charge on any atom is 0.217 e. The molecule has 1 rings (SSSR count). The third-order valence-electron chi connectivity index (χ3n) is 2.88. The Morgan fingerprint density at radius 1 is 1.45 bits per heavy atom. The first-order valence-corrected chi connectivity index (χ1v) is 8.51. The van der Waals surface area contributed by atoms with Crippen LogP contribution in [0.3, 0.4) is 0 Å². The van der Waals surface area contributed by atoms with Crippen molar-refractivity contribution in [3.63, 3.8) is 0 Å². The lowest BCUT2D eigenvalue weighted by atomic mass is 10.2. The van der Waals surface area contributed by atoms with Crippen LogP contribution in [0, 0.1) is 0 Å². The summed E-state index contributed by atoms with van der Waals surface area (Å²) in [7, 11) is -1.45. The van der Waals surface area contributed by atoms with E-state index in [4.69, 9.17) is 16.3 Å². The second-order valence-electron chi connectivity index (χ2n) is 4.70. The Morgan fingerprint density at radius 3 is 2.55 bits per heavy atom. The molecule has 0 fully saturated rings.